The number of halogens is 4. The van der Waals surface area contributed by atoms with E-state index < -0.39 is 24.6 Å². The molecule has 0 radical (unpaired) electrons. The first-order chi connectivity index (χ1) is 12.7. The number of hydrogen-bond acceptors (Lipinski definition) is 5. The molecule has 0 aliphatic heterocycles. The van der Waals surface area contributed by atoms with Crippen molar-refractivity contribution in [3.8, 4) is 11.8 Å². The number of carbonyl (C=O) groups excluding carboxylic acids is 2. The molecule has 0 aliphatic carbocycles. The van der Waals surface area contributed by atoms with Gasteiger partial charge in [0.2, 0.25) is 5.91 Å². The minimum atomic E-state index is -4.53. The van der Waals surface area contributed by atoms with Gasteiger partial charge in [0.25, 0.3) is 5.91 Å². The summed E-state index contributed by atoms with van der Waals surface area (Å²) >= 11 is 4.43. The lowest BCUT2D eigenvalue weighted by atomic mass is 10.2. The highest BCUT2D eigenvalue weighted by Crippen LogP contribution is 2.25. The van der Waals surface area contributed by atoms with Crippen LogP contribution in [0.15, 0.2) is 34.1 Å². The number of nitriles is 1. The van der Waals surface area contributed by atoms with Gasteiger partial charge in [0.05, 0.1) is 20.8 Å². The van der Waals surface area contributed by atoms with E-state index in [0.717, 1.165) is 9.85 Å². The summed E-state index contributed by atoms with van der Waals surface area (Å²) in [5.74, 6) is -1.23. The molecule has 142 valence electrons. The van der Waals surface area contributed by atoms with Gasteiger partial charge in [0.1, 0.15) is 11.8 Å². The van der Waals surface area contributed by atoms with Crippen LogP contribution < -0.4 is 15.4 Å². The molecule has 2 aromatic rings. The number of rotatable bonds is 6. The second-order valence-corrected chi connectivity index (χ2v) is 7.52. The second kappa shape index (κ2) is 8.88. The summed E-state index contributed by atoms with van der Waals surface area (Å²) in [7, 11) is 0. The fraction of sp³-hybridized carbons (Fsp3) is 0.188. The molecule has 27 heavy (non-hydrogen) atoms. The maximum atomic E-state index is 12.2. The molecule has 11 heteroatoms. The Balaban J connectivity index is 1.93. The first kappa shape index (κ1) is 20.7. The Labute approximate surface area is 164 Å². The normalized spacial score (nSPS) is 10.8. The Bertz CT molecular complexity index is 893. The summed E-state index contributed by atoms with van der Waals surface area (Å²) in [6.07, 6.45) is -4.53. The lowest BCUT2D eigenvalue weighted by molar-refractivity contribution is -0.153. The van der Waals surface area contributed by atoms with Crippen LogP contribution in [0.2, 0.25) is 0 Å². The first-order valence-electron chi connectivity index (χ1n) is 7.25. The van der Waals surface area contributed by atoms with Gasteiger partial charge in [-0.1, -0.05) is 0 Å². The van der Waals surface area contributed by atoms with E-state index in [0.29, 0.717) is 4.88 Å². The number of anilines is 1. The highest BCUT2D eigenvalue weighted by Gasteiger charge is 2.28. The Hall–Kier alpha value is -2.58. The number of alkyl halides is 3. The predicted octanol–water partition coefficient (Wildman–Crippen LogP) is 3.69. The van der Waals surface area contributed by atoms with Gasteiger partial charge in [-0.2, -0.15) is 18.4 Å². The monoisotopic (exact) mass is 461 g/mol. The van der Waals surface area contributed by atoms with Gasteiger partial charge < -0.3 is 15.4 Å². The molecule has 0 spiro atoms. The topological polar surface area (TPSA) is 91.2 Å². The number of thiophene rings is 1. The number of ether oxygens (including phenoxy) is 1. The van der Waals surface area contributed by atoms with Crippen molar-refractivity contribution < 1.29 is 27.5 Å². The van der Waals surface area contributed by atoms with Crippen molar-refractivity contribution in [2.75, 3.05) is 18.5 Å². The number of carbonyl (C=O) groups is 2. The van der Waals surface area contributed by atoms with Crippen LogP contribution in [0.25, 0.3) is 0 Å². The lowest BCUT2D eigenvalue weighted by Crippen LogP contribution is -2.32. The Morgan fingerprint density at radius 3 is 2.59 bits per heavy atom. The SMILES string of the molecule is N#Cc1cc(NC(=O)CNC(=O)c2ccc(Br)s2)ccc1OCC(F)(F)F. The van der Waals surface area contributed by atoms with E-state index in [9.17, 15) is 22.8 Å². The molecule has 0 saturated carbocycles. The molecule has 0 saturated heterocycles. The van der Waals surface area contributed by atoms with Crippen molar-refractivity contribution in [1.82, 2.24) is 5.32 Å². The minimum Gasteiger partial charge on any atom is -0.483 e. The second-order valence-electron chi connectivity index (χ2n) is 5.06. The van der Waals surface area contributed by atoms with Crippen LogP contribution in [0.1, 0.15) is 15.2 Å². The van der Waals surface area contributed by atoms with Gasteiger partial charge >= 0.3 is 6.18 Å². The summed E-state index contributed by atoms with van der Waals surface area (Å²) < 4.78 is 41.9. The Morgan fingerprint density at radius 2 is 2.00 bits per heavy atom. The quantitative estimate of drug-likeness (QED) is 0.685. The van der Waals surface area contributed by atoms with E-state index in [1.807, 2.05) is 0 Å². The molecule has 2 amide bonds. The van der Waals surface area contributed by atoms with Crippen molar-refractivity contribution in [3.05, 3.63) is 44.6 Å². The average Bonchev–Trinajstić information content (AvgIpc) is 3.04. The maximum absolute atomic E-state index is 12.2. The smallest absolute Gasteiger partial charge is 0.422 e. The third-order valence-electron chi connectivity index (χ3n) is 2.98. The molecule has 6 nitrogen and oxygen atoms in total. The number of amides is 2. The zero-order chi connectivity index (χ0) is 20.0. The fourth-order valence-electron chi connectivity index (χ4n) is 1.87. The minimum absolute atomic E-state index is 0.162. The van der Waals surface area contributed by atoms with Gasteiger partial charge in [-0.05, 0) is 46.3 Å². The van der Waals surface area contributed by atoms with Crippen LogP contribution in [-0.4, -0.2) is 31.1 Å². The van der Waals surface area contributed by atoms with Crippen molar-refractivity contribution in [3.63, 3.8) is 0 Å². The molecule has 1 aromatic heterocycles. The van der Waals surface area contributed by atoms with E-state index in [1.165, 1.54) is 23.5 Å². The molecule has 2 rings (SSSR count). The average molecular weight is 462 g/mol. The van der Waals surface area contributed by atoms with Crippen molar-refractivity contribution in [2.24, 2.45) is 0 Å². The van der Waals surface area contributed by atoms with Crippen LogP contribution in [0.3, 0.4) is 0 Å². The standard InChI is InChI=1S/C16H11BrF3N3O3S/c17-13-4-3-12(27-13)15(25)22-7-14(24)23-10-1-2-11(9(5-10)6-21)26-8-16(18,19)20/h1-5H,7-8H2,(H,22,25)(H,23,24). The summed E-state index contributed by atoms with van der Waals surface area (Å²) in [5, 5.41) is 13.9. The summed E-state index contributed by atoms with van der Waals surface area (Å²) in [6.45, 7) is -1.85. The van der Waals surface area contributed by atoms with E-state index in [2.05, 4.69) is 31.3 Å². The molecular formula is C16H11BrF3N3O3S. The van der Waals surface area contributed by atoms with Gasteiger partial charge in [0.15, 0.2) is 6.61 Å². The number of benzene rings is 1. The first-order valence-corrected chi connectivity index (χ1v) is 8.86. The predicted molar refractivity (Wildman–Crippen MR) is 95.7 cm³/mol. The highest BCUT2D eigenvalue weighted by molar-refractivity contribution is 9.11. The molecule has 1 aromatic carbocycles. The van der Waals surface area contributed by atoms with E-state index in [1.54, 1.807) is 18.2 Å². The molecule has 0 unspecified atom stereocenters. The maximum Gasteiger partial charge on any atom is 0.422 e. The van der Waals surface area contributed by atoms with Crippen molar-refractivity contribution in [1.29, 1.82) is 5.26 Å². The molecule has 0 atom stereocenters. The fourth-order valence-corrected chi connectivity index (χ4v) is 3.17. The summed E-state index contributed by atoms with van der Waals surface area (Å²) in [6, 6.07) is 8.63. The lowest BCUT2D eigenvalue weighted by Gasteiger charge is -2.12. The van der Waals surface area contributed by atoms with Crippen molar-refractivity contribution in [2.45, 2.75) is 6.18 Å². The van der Waals surface area contributed by atoms with Crippen LogP contribution in [-0.2, 0) is 4.79 Å². The molecule has 0 bridgehead atoms. The largest absolute Gasteiger partial charge is 0.483 e. The number of hydrogen-bond donors (Lipinski definition) is 2. The zero-order valence-electron chi connectivity index (χ0n) is 13.4. The third-order valence-corrected chi connectivity index (χ3v) is 4.60. The van der Waals surface area contributed by atoms with Crippen LogP contribution in [0, 0.1) is 11.3 Å². The summed E-state index contributed by atoms with van der Waals surface area (Å²) in [4.78, 5) is 24.2. The zero-order valence-corrected chi connectivity index (χ0v) is 15.8. The van der Waals surface area contributed by atoms with E-state index in [-0.39, 0.29) is 23.5 Å². The van der Waals surface area contributed by atoms with Crippen molar-refractivity contribution >= 4 is 44.8 Å². The number of nitrogens with one attached hydrogen (secondary N) is 2. The Kier molecular flexibility index (Phi) is 6.81. The summed E-state index contributed by atoms with van der Waals surface area (Å²) in [5.41, 5.74) is 0.0218. The molecule has 2 N–H and O–H groups in total. The van der Waals surface area contributed by atoms with Crippen LogP contribution in [0.4, 0.5) is 18.9 Å². The van der Waals surface area contributed by atoms with Crippen LogP contribution in [0.5, 0.6) is 5.75 Å². The van der Waals surface area contributed by atoms with Gasteiger partial charge in [-0.3, -0.25) is 9.59 Å². The van der Waals surface area contributed by atoms with Gasteiger partial charge in [-0.15, -0.1) is 11.3 Å². The highest BCUT2D eigenvalue weighted by atomic mass is 79.9. The number of nitrogens with zero attached hydrogens (tertiary/aromatic N) is 1. The molecule has 0 aliphatic rings. The molecule has 1 heterocycles. The van der Waals surface area contributed by atoms with E-state index >= 15 is 0 Å². The van der Waals surface area contributed by atoms with Gasteiger partial charge in [-0.25, -0.2) is 0 Å². The third kappa shape index (κ3) is 6.58. The molecule has 0 fully saturated rings. The van der Waals surface area contributed by atoms with Crippen LogP contribution >= 0.6 is 27.3 Å². The van der Waals surface area contributed by atoms with E-state index in [4.69, 9.17) is 5.26 Å². The Morgan fingerprint density at radius 1 is 1.26 bits per heavy atom. The van der Waals surface area contributed by atoms with Gasteiger partial charge in [0, 0.05) is 5.69 Å². The molecular weight excluding hydrogens is 451 g/mol.